The Hall–Kier alpha value is -4.07. The number of anilines is 1. The molecule has 0 spiro atoms. The summed E-state index contributed by atoms with van der Waals surface area (Å²) in [6.07, 6.45) is 4.67. The van der Waals surface area contributed by atoms with Gasteiger partial charge in [0, 0.05) is 30.3 Å². The van der Waals surface area contributed by atoms with E-state index in [1.165, 1.54) is 25.1 Å². The lowest BCUT2D eigenvalue weighted by atomic mass is 10.2. The van der Waals surface area contributed by atoms with Gasteiger partial charge in [0.05, 0.1) is 4.92 Å². The summed E-state index contributed by atoms with van der Waals surface area (Å²) in [5, 5.41) is 13.4. The zero-order valence-electron chi connectivity index (χ0n) is 14.8. The van der Waals surface area contributed by atoms with Crippen LogP contribution in [0.3, 0.4) is 0 Å². The van der Waals surface area contributed by atoms with Gasteiger partial charge in [-0.15, -0.1) is 0 Å². The van der Waals surface area contributed by atoms with Gasteiger partial charge in [0.1, 0.15) is 0 Å². The molecule has 3 rings (SSSR count). The molecule has 140 valence electrons. The highest BCUT2D eigenvalue weighted by molar-refractivity contribution is 6.11. The van der Waals surface area contributed by atoms with Crippen LogP contribution in [0.1, 0.15) is 18.1 Å². The van der Waals surface area contributed by atoms with Crippen LogP contribution in [0, 0.1) is 10.1 Å². The van der Waals surface area contributed by atoms with Crippen molar-refractivity contribution >= 4 is 35.2 Å². The number of carbonyl (C=O) groups excluding carboxylic acids is 2. The van der Waals surface area contributed by atoms with E-state index in [4.69, 9.17) is 4.74 Å². The molecule has 0 fully saturated rings. The number of cyclic esters (lactones) is 1. The number of aliphatic imine (C=N–C) groups is 1. The number of rotatable bonds is 5. The van der Waals surface area contributed by atoms with Gasteiger partial charge >= 0.3 is 5.97 Å². The molecule has 0 radical (unpaired) electrons. The lowest BCUT2D eigenvalue weighted by Crippen LogP contribution is -2.07. The molecule has 0 bridgehead atoms. The molecule has 0 aliphatic carbocycles. The van der Waals surface area contributed by atoms with Gasteiger partial charge in [-0.3, -0.25) is 14.9 Å². The van der Waals surface area contributed by atoms with Gasteiger partial charge < -0.3 is 10.1 Å². The summed E-state index contributed by atoms with van der Waals surface area (Å²) in [5.74, 6) is -0.614. The molecule has 0 atom stereocenters. The average Bonchev–Trinajstić information content (AvgIpc) is 3.03. The second-order valence-corrected chi connectivity index (χ2v) is 5.83. The Morgan fingerprint density at radius 1 is 1.21 bits per heavy atom. The number of hydrogen-bond acceptors (Lipinski definition) is 6. The van der Waals surface area contributed by atoms with Crippen molar-refractivity contribution in [2.24, 2.45) is 4.99 Å². The van der Waals surface area contributed by atoms with Crippen LogP contribution in [-0.2, 0) is 14.3 Å². The van der Waals surface area contributed by atoms with E-state index < -0.39 is 10.9 Å². The van der Waals surface area contributed by atoms with Crippen molar-refractivity contribution in [3.05, 3.63) is 87.6 Å². The van der Waals surface area contributed by atoms with Gasteiger partial charge in [0.15, 0.2) is 5.70 Å². The second kappa shape index (κ2) is 8.09. The maximum Gasteiger partial charge on any atom is 0.363 e. The van der Waals surface area contributed by atoms with Crippen LogP contribution in [0.25, 0.3) is 6.08 Å². The summed E-state index contributed by atoms with van der Waals surface area (Å²) in [7, 11) is 0. The Bertz CT molecular complexity index is 1040. The summed E-state index contributed by atoms with van der Waals surface area (Å²) in [6, 6.07) is 12.8. The highest BCUT2D eigenvalue weighted by Gasteiger charge is 2.23. The lowest BCUT2D eigenvalue weighted by molar-refractivity contribution is -0.384. The number of allylic oxidation sites excluding steroid dienone is 2. The zero-order valence-corrected chi connectivity index (χ0v) is 14.8. The van der Waals surface area contributed by atoms with Crippen molar-refractivity contribution < 1.29 is 19.2 Å². The first kappa shape index (κ1) is 18.7. The first-order valence-corrected chi connectivity index (χ1v) is 8.24. The highest BCUT2D eigenvalue weighted by atomic mass is 16.6. The fourth-order valence-corrected chi connectivity index (χ4v) is 2.44. The SMILES string of the molecule is CC(=O)Nc1ccc(C2=N/C(=C\C=C\c3cccc([N+](=O)[O-])c3)C(=O)O2)cc1. The van der Waals surface area contributed by atoms with Gasteiger partial charge in [-0.1, -0.05) is 24.3 Å². The van der Waals surface area contributed by atoms with Crippen LogP contribution in [0.5, 0.6) is 0 Å². The summed E-state index contributed by atoms with van der Waals surface area (Å²) in [5.41, 5.74) is 1.93. The van der Waals surface area contributed by atoms with Gasteiger partial charge in [0.25, 0.3) is 5.69 Å². The number of nitrogens with one attached hydrogen (secondary N) is 1. The smallest absolute Gasteiger partial charge is 0.363 e. The number of esters is 1. The van der Waals surface area contributed by atoms with Crippen molar-refractivity contribution in [2.75, 3.05) is 5.32 Å². The predicted molar refractivity (Wildman–Crippen MR) is 104 cm³/mol. The first-order valence-electron chi connectivity index (χ1n) is 8.24. The molecule has 1 amide bonds. The molecule has 1 N–H and O–H groups in total. The molecule has 0 saturated carbocycles. The molecule has 8 heteroatoms. The highest BCUT2D eigenvalue weighted by Crippen LogP contribution is 2.19. The van der Waals surface area contributed by atoms with Gasteiger partial charge in [-0.05, 0) is 35.9 Å². The largest absolute Gasteiger partial charge is 0.402 e. The van der Waals surface area contributed by atoms with Crippen molar-refractivity contribution in [3.63, 3.8) is 0 Å². The maximum atomic E-state index is 12.0. The van der Waals surface area contributed by atoms with Crippen LogP contribution >= 0.6 is 0 Å². The number of nitro benzene ring substituents is 1. The van der Waals surface area contributed by atoms with E-state index in [-0.39, 0.29) is 23.2 Å². The zero-order chi connectivity index (χ0) is 20.1. The van der Waals surface area contributed by atoms with Crippen molar-refractivity contribution in [2.45, 2.75) is 6.92 Å². The maximum absolute atomic E-state index is 12.0. The molecule has 28 heavy (non-hydrogen) atoms. The van der Waals surface area contributed by atoms with Gasteiger partial charge in [-0.2, -0.15) is 0 Å². The van der Waals surface area contributed by atoms with Crippen molar-refractivity contribution in [1.29, 1.82) is 0 Å². The number of hydrogen-bond donors (Lipinski definition) is 1. The van der Waals surface area contributed by atoms with Crippen LogP contribution in [0.15, 0.2) is 71.4 Å². The standard InChI is InChI=1S/C20H15N3O5/c1-13(24)21-16-10-8-15(9-11-16)19-22-18(20(25)28-19)7-3-5-14-4-2-6-17(12-14)23(26)27/h2-12H,1H3,(H,21,24)/b5-3+,18-7-. The van der Waals surface area contributed by atoms with E-state index in [1.54, 1.807) is 48.6 Å². The summed E-state index contributed by atoms with van der Waals surface area (Å²) in [6.45, 7) is 1.41. The molecule has 1 aliphatic rings. The minimum atomic E-state index is -0.593. The number of carbonyl (C=O) groups is 2. The van der Waals surface area contributed by atoms with Gasteiger partial charge in [0.2, 0.25) is 11.8 Å². The quantitative estimate of drug-likeness (QED) is 0.371. The molecule has 2 aromatic carbocycles. The third-order valence-electron chi connectivity index (χ3n) is 3.70. The number of nitrogens with zero attached hydrogens (tertiary/aromatic N) is 2. The fourth-order valence-electron chi connectivity index (χ4n) is 2.44. The molecular weight excluding hydrogens is 362 g/mol. The number of benzene rings is 2. The number of amides is 1. The van der Waals surface area contributed by atoms with Crippen LogP contribution in [0.2, 0.25) is 0 Å². The van der Waals surface area contributed by atoms with E-state index in [1.807, 2.05) is 0 Å². The first-order chi connectivity index (χ1) is 13.4. The summed E-state index contributed by atoms with van der Waals surface area (Å²) < 4.78 is 5.17. The Kier molecular flexibility index (Phi) is 5.40. The van der Waals surface area contributed by atoms with E-state index in [0.717, 1.165) is 0 Å². The Morgan fingerprint density at radius 2 is 1.96 bits per heavy atom. The van der Waals surface area contributed by atoms with Gasteiger partial charge in [-0.25, -0.2) is 9.79 Å². The second-order valence-electron chi connectivity index (χ2n) is 5.83. The molecular formula is C20H15N3O5. The number of nitro groups is 1. The minimum absolute atomic E-state index is 0.0157. The predicted octanol–water partition coefficient (Wildman–Crippen LogP) is 3.45. The number of ether oxygens (including phenoxy) is 1. The minimum Gasteiger partial charge on any atom is -0.402 e. The molecule has 0 aromatic heterocycles. The molecule has 8 nitrogen and oxygen atoms in total. The topological polar surface area (TPSA) is 111 Å². The lowest BCUT2D eigenvalue weighted by Gasteiger charge is -2.03. The summed E-state index contributed by atoms with van der Waals surface area (Å²) in [4.78, 5) is 37.5. The summed E-state index contributed by atoms with van der Waals surface area (Å²) >= 11 is 0. The van der Waals surface area contributed by atoms with Crippen LogP contribution in [-0.4, -0.2) is 22.7 Å². The molecule has 0 saturated heterocycles. The third kappa shape index (κ3) is 4.55. The Morgan fingerprint density at radius 3 is 2.64 bits per heavy atom. The molecule has 1 aliphatic heterocycles. The fraction of sp³-hybridized carbons (Fsp3) is 0.0500. The Balaban J connectivity index is 1.75. The van der Waals surface area contributed by atoms with Crippen LogP contribution < -0.4 is 5.32 Å². The molecule has 0 unspecified atom stereocenters. The monoisotopic (exact) mass is 377 g/mol. The van der Waals surface area contributed by atoms with E-state index in [2.05, 4.69) is 10.3 Å². The van der Waals surface area contributed by atoms with E-state index in [9.17, 15) is 19.7 Å². The average molecular weight is 377 g/mol. The third-order valence-corrected chi connectivity index (χ3v) is 3.70. The van der Waals surface area contributed by atoms with Crippen molar-refractivity contribution in [3.8, 4) is 0 Å². The molecule has 2 aromatic rings. The van der Waals surface area contributed by atoms with Crippen molar-refractivity contribution in [1.82, 2.24) is 0 Å². The molecule has 1 heterocycles. The number of non-ortho nitro benzene ring substituents is 1. The van der Waals surface area contributed by atoms with Crippen LogP contribution in [0.4, 0.5) is 11.4 Å². The van der Waals surface area contributed by atoms with E-state index in [0.29, 0.717) is 16.8 Å². The van der Waals surface area contributed by atoms with E-state index >= 15 is 0 Å². The normalized spacial score (nSPS) is 14.8. The Labute approximate surface area is 160 Å².